The highest BCUT2D eigenvalue weighted by Gasteiger charge is 2.38. The van der Waals surface area contributed by atoms with Gasteiger partial charge in [0.1, 0.15) is 0 Å². The highest BCUT2D eigenvalue weighted by Crippen LogP contribution is 2.33. The molecule has 2 heterocycles. The number of rotatable bonds is 6. The first-order valence-corrected chi connectivity index (χ1v) is 9.49. The van der Waals surface area contributed by atoms with Crippen LogP contribution in [0.1, 0.15) is 24.8 Å². The summed E-state index contributed by atoms with van der Waals surface area (Å²) in [5.41, 5.74) is 1.17. The van der Waals surface area contributed by atoms with Crippen molar-refractivity contribution in [3.8, 4) is 0 Å². The maximum atomic E-state index is 11.6. The lowest BCUT2D eigenvalue weighted by molar-refractivity contribution is 0.230. The number of nitrogens with zero attached hydrogens (tertiary/aromatic N) is 3. The van der Waals surface area contributed by atoms with E-state index in [9.17, 15) is 8.42 Å². The predicted molar refractivity (Wildman–Crippen MR) is 81.4 cm³/mol. The molecule has 1 aliphatic heterocycles. The van der Waals surface area contributed by atoms with Crippen LogP contribution in [0.25, 0.3) is 0 Å². The Hall–Kier alpha value is -0.920. The average Bonchev–Trinajstić information content (AvgIpc) is 3.00. The van der Waals surface area contributed by atoms with E-state index in [0.29, 0.717) is 0 Å². The highest BCUT2D eigenvalue weighted by atomic mass is 32.2. The smallest absolute Gasteiger partial charge is 0.209 e. The normalized spacial score (nSPS) is 27.3. The Balaban J connectivity index is 1.73. The summed E-state index contributed by atoms with van der Waals surface area (Å²) in [6.07, 6.45) is 9.53. The van der Waals surface area contributed by atoms with Gasteiger partial charge in [0.05, 0.1) is 12.5 Å². The van der Waals surface area contributed by atoms with Crippen molar-refractivity contribution in [3.05, 3.63) is 18.0 Å². The Morgan fingerprint density at radius 3 is 2.71 bits per heavy atom. The summed E-state index contributed by atoms with van der Waals surface area (Å²) in [6.45, 7) is 2.08. The van der Waals surface area contributed by atoms with E-state index in [-0.39, 0.29) is 12.1 Å². The van der Waals surface area contributed by atoms with Gasteiger partial charge < -0.3 is 0 Å². The van der Waals surface area contributed by atoms with Gasteiger partial charge in [0.2, 0.25) is 10.0 Å². The second-order valence-corrected chi connectivity index (χ2v) is 8.30. The Labute approximate surface area is 126 Å². The van der Waals surface area contributed by atoms with Crippen molar-refractivity contribution in [3.63, 3.8) is 0 Å². The molecular weight excluding hydrogens is 288 g/mol. The molecule has 1 saturated carbocycles. The van der Waals surface area contributed by atoms with Gasteiger partial charge in [-0.2, -0.15) is 5.10 Å². The summed E-state index contributed by atoms with van der Waals surface area (Å²) in [5.74, 6) is 0.818. The largest absolute Gasteiger partial charge is 0.298 e. The zero-order valence-electron chi connectivity index (χ0n) is 12.7. The molecule has 2 fully saturated rings. The van der Waals surface area contributed by atoms with Gasteiger partial charge in [-0.1, -0.05) is 0 Å². The van der Waals surface area contributed by atoms with Crippen LogP contribution in [0.5, 0.6) is 0 Å². The van der Waals surface area contributed by atoms with Crippen molar-refractivity contribution in [1.29, 1.82) is 0 Å². The SMILES string of the molecule is Cn1cc(C[C@H]2[C@H](NS(C)(=O)=O)CCN2CC2CC2)cn1. The van der Waals surface area contributed by atoms with E-state index in [2.05, 4.69) is 14.7 Å². The van der Waals surface area contributed by atoms with E-state index in [0.717, 1.165) is 31.8 Å². The van der Waals surface area contributed by atoms with Crippen LogP contribution in [0, 0.1) is 5.92 Å². The molecular formula is C14H24N4O2S. The molecule has 1 aliphatic carbocycles. The van der Waals surface area contributed by atoms with Crippen LogP contribution in [-0.4, -0.2) is 54.5 Å². The topological polar surface area (TPSA) is 67.2 Å². The molecule has 0 radical (unpaired) electrons. The zero-order valence-corrected chi connectivity index (χ0v) is 13.5. The molecule has 1 aromatic heterocycles. The molecule has 2 aliphatic rings. The van der Waals surface area contributed by atoms with E-state index in [1.807, 2.05) is 19.4 Å². The number of hydrogen-bond donors (Lipinski definition) is 1. The molecule has 1 N–H and O–H groups in total. The molecule has 0 spiro atoms. The Bertz CT molecular complexity index is 594. The number of hydrogen-bond acceptors (Lipinski definition) is 4. The number of nitrogens with one attached hydrogen (secondary N) is 1. The zero-order chi connectivity index (χ0) is 15.0. The second kappa shape index (κ2) is 5.70. The van der Waals surface area contributed by atoms with Gasteiger partial charge in [0, 0.05) is 38.4 Å². The molecule has 2 atom stereocenters. The lowest BCUT2D eigenvalue weighted by atomic mass is 10.0. The molecule has 7 heteroatoms. The van der Waals surface area contributed by atoms with E-state index in [1.165, 1.54) is 24.7 Å². The van der Waals surface area contributed by atoms with Crippen molar-refractivity contribution >= 4 is 10.0 Å². The maximum Gasteiger partial charge on any atom is 0.209 e. The quantitative estimate of drug-likeness (QED) is 0.824. The molecule has 0 unspecified atom stereocenters. The van der Waals surface area contributed by atoms with Gasteiger partial charge in [-0.3, -0.25) is 9.58 Å². The minimum absolute atomic E-state index is 0.0129. The van der Waals surface area contributed by atoms with Crippen molar-refractivity contribution in [1.82, 2.24) is 19.4 Å². The molecule has 0 aromatic carbocycles. The third kappa shape index (κ3) is 4.05. The van der Waals surface area contributed by atoms with Gasteiger partial charge in [-0.15, -0.1) is 0 Å². The van der Waals surface area contributed by atoms with Crippen molar-refractivity contribution in [2.45, 2.75) is 37.8 Å². The Morgan fingerprint density at radius 1 is 1.38 bits per heavy atom. The van der Waals surface area contributed by atoms with Crippen LogP contribution >= 0.6 is 0 Å². The summed E-state index contributed by atoms with van der Waals surface area (Å²) in [7, 11) is -1.25. The van der Waals surface area contributed by atoms with E-state index < -0.39 is 10.0 Å². The van der Waals surface area contributed by atoms with Gasteiger partial charge >= 0.3 is 0 Å². The number of likely N-dealkylation sites (tertiary alicyclic amines) is 1. The molecule has 118 valence electrons. The summed E-state index contributed by atoms with van der Waals surface area (Å²) in [6, 6.07) is 0.253. The summed E-state index contributed by atoms with van der Waals surface area (Å²) in [4.78, 5) is 2.47. The van der Waals surface area contributed by atoms with E-state index in [4.69, 9.17) is 0 Å². The minimum Gasteiger partial charge on any atom is -0.298 e. The van der Waals surface area contributed by atoms with Crippen LogP contribution < -0.4 is 4.72 Å². The van der Waals surface area contributed by atoms with Crippen LogP contribution in [-0.2, 0) is 23.5 Å². The summed E-state index contributed by atoms with van der Waals surface area (Å²) >= 11 is 0. The molecule has 1 aromatic rings. The number of aryl methyl sites for hydroxylation is 1. The first-order chi connectivity index (χ1) is 9.90. The fraction of sp³-hybridized carbons (Fsp3) is 0.786. The van der Waals surface area contributed by atoms with Crippen molar-refractivity contribution in [2.75, 3.05) is 19.3 Å². The molecule has 6 nitrogen and oxygen atoms in total. The summed E-state index contributed by atoms with van der Waals surface area (Å²) < 4.78 is 27.8. The molecule has 21 heavy (non-hydrogen) atoms. The van der Waals surface area contributed by atoms with E-state index >= 15 is 0 Å². The highest BCUT2D eigenvalue weighted by molar-refractivity contribution is 7.88. The molecule has 3 rings (SSSR count). The fourth-order valence-corrected chi connectivity index (χ4v) is 4.10. The monoisotopic (exact) mass is 312 g/mol. The third-order valence-corrected chi connectivity index (χ3v) is 5.15. The van der Waals surface area contributed by atoms with Crippen LogP contribution in [0.3, 0.4) is 0 Å². The maximum absolute atomic E-state index is 11.6. The second-order valence-electron chi connectivity index (χ2n) is 6.52. The first kappa shape index (κ1) is 15.0. The van der Waals surface area contributed by atoms with Crippen molar-refractivity contribution < 1.29 is 8.42 Å². The fourth-order valence-electron chi connectivity index (χ4n) is 3.28. The first-order valence-electron chi connectivity index (χ1n) is 7.59. The van der Waals surface area contributed by atoms with Gasteiger partial charge in [-0.05, 0) is 37.2 Å². The van der Waals surface area contributed by atoms with Crippen LogP contribution in [0.15, 0.2) is 12.4 Å². The number of sulfonamides is 1. The van der Waals surface area contributed by atoms with Crippen molar-refractivity contribution in [2.24, 2.45) is 13.0 Å². The van der Waals surface area contributed by atoms with Gasteiger partial charge in [0.25, 0.3) is 0 Å². The standard InChI is InChI=1S/C14H24N4O2S/c1-17-9-12(8-15-17)7-14-13(16-21(2,19)20)5-6-18(14)10-11-3-4-11/h8-9,11,13-14,16H,3-7,10H2,1-2H3/t13-,14+/m1/s1. The molecule has 0 bridgehead atoms. The lowest BCUT2D eigenvalue weighted by Crippen LogP contribution is -2.46. The third-order valence-electron chi connectivity index (χ3n) is 4.42. The van der Waals surface area contributed by atoms with Gasteiger partial charge in [0.15, 0.2) is 0 Å². The molecule has 0 amide bonds. The number of aromatic nitrogens is 2. The lowest BCUT2D eigenvalue weighted by Gasteiger charge is -2.28. The van der Waals surface area contributed by atoms with Crippen LogP contribution in [0.2, 0.25) is 0 Å². The average molecular weight is 312 g/mol. The Kier molecular flexibility index (Phi) is 4.07. The van der Waals surface area contributed by atoms with Crippen LogP contribution in [0.4, 0.5) is 0 Å². The predicted octanol–water partition coefficient (Wildman–Crippen LogP) is 0.365. The van der Waals surface area contributed by atoms with E-state index in [1.54, 1.807) is 4.68 Å². The minimum atomic E-state index is -3.16. The Morgan fingerprint density at radius 2 is 2.14 bits per heavy atom. The molecule has 1 saturated heterocycles. The van der Waals surface area contributed by atoms with Gasteiger partial charge in [-0.25, -0.2) is 13.1 Å². The summed E-state index contributed by atoms with van der Waals surface area (Å²) in [5, 5.41) is 4.22.